The quantitative estimate of drug-likeness (QED) is 0.113. The Morgan fingerprint density at radius 2 is 1.03 bits per heavy atom. The minimum Gasteiger partial charge on any atom is -0.314 e. The standard InChI is InChI=1S/C26H56N2S2/c1-6-7-8-9-10-11-12-13-14-15-16-17-18-19-21-28(24-26(4,5)30)22-20-27-23-25(2,3)29/h27,29-30H,6-24H2,1-5H3. The maximum Gasteiger partial charge on any atom is 0.0200 e. The molecule has 30 heavy (non-hydrogen) atoms. The molecule has 0 radical (unpaired) electrons. The molecule has 0 fully saturated rings. The maximum absolute atomic E-state index is 4.76. The molecule has 0 aromatic rings. The molecule has 0 saturated heterocycles. The summed E-state index contributed by atoms with van der Waals surface area (Å²) in [5.41, 5.74) is 0. The van der Waals surface area contributed by atoms with Gasteiger partial charge in [0.1, 0.15) is 0 Å². The van der Waals surface area contributed by atoms with E-state index >= 15 is 0 Å². The smallest absolute Gasteiger partial charge is 0.0200 e. The highest BCUT2D eigenvalue weighted by atomic mass is 32.1. The highest BCUT2D eigenvalue weighted by molar-refractivity contribution is 7.82. The Labute approximate surface area is 201 Å². The van der Waals surface area contributed by atoms with Crippen molar-refractivity contribution in [1.82, 2.24) is 10.2 Å². The van der Waals surface area contributed by atoms with Crippen LogP contribution in [0.5, 0.6) is 0 Å². The number of rotatable bonds is 22. The van der Waals surface area contributed by atoms with E-state index in [9.17, 15) is 0 Å². The van der Waals surface area contributed by atoms with E-state index in [-0.39, 0.29) is 9.49 Å². The predicted molar refractivity (Wildman–Crippen MR) is 146 cm³/mol. The van der Waals surface area contributed by atoms with E-state index in [1.807, 2.05) is 0 Å². The number of nitrogens with zero attached hydrogens (tertiary/aromatic N) is 1. The monoisotopic (exact) mass is 460 g/mol. The first kappa shape index (κ1) is 30.6. The minimum atomic E-state index is 0.0578. The molecule has 1 N–H and O–H groups in total. The Bertz CT molecular complexity index is 361. The Kier molecular flexibility index (Phi) is 19.5. The minimum absolute atomic E-state index is 0.0578. The van der Waals surface area contributed by atoms with Gasteiger partial charge in [-0.1, -0.05) is 90.4 Å². The van der Waals surface area contributed by atoms with E-state index < -0.39 is 0 Å². The van der Waals surface area contributed by atoms with Crippen molar-refractivity contribution in [3.63, 3.8) is 0 Å². The summed E-state index contributed by atoms with van der Waals surface area (Å²) in [7, 11) is 0. The maximum atomic E-state index is 4.76. The van der Waals surface area contributed by atoms with Gasteiger partial charge in [0.25, 0.3) is 0 Å². The van der Waals surface area contributed by atoms with Crippen molar-refractivity contribution < 1.29 is 0 Å². The summed E-state index contributed by atoms with van der Waals surface area (Å²) in [6.07, 6.45) is 19.9. The van der Waals surface area contributed by atoms with Gasteiger partial charge in [-0.05, 0) is 40.7 Å². The molecule has 0 amide bonds. The molecule has 0 rings (SSSR count). The fourth-order valence-corrected chi connectivity index (χ4v) is 4.29. The molecule has 0 aromatic carbocycles. The number of hydrogen-bond donors (Lipinski definition) is 3. The highest BCUT2D eigenvalue weighted by Gasteiger charge is 2.17. The van der Waals surface area contributed by atoms with Gasteiger partial charge in [-0.25, -0.2) is 0 Å². The molecule has 0 bridgehead atoms. The Hall–Kier alpha value is 0.620. The lowest BCUT2D eigenvalue weighted by Gasteiger charge is -2.30. The van der Waals surface area contributed by atoms with Gasteiger partial charge < -0.3 is 10.2 Å². The van der Waals surface area contributed by atoms with Gasteiger partial charge >= 0.3 is 0 Å². The van der Waals surface area contributed by atoms with Crippen LogP contribution in [0.25, 0.3) is 0 Å². The van der Waals surface area contributed by atoms with Crippen molar-refractivity contribution in [1.29, 1.82) is 0 Å². The first-order valence-corrected chi connectivity index (χ1v) is 13.9. The Balaban J connectivity index is 3.66. The molecule has 0 atom stereocenters. The van der Waals surface area contributed by atoms with Crippen LogP contribution in [0.15, 0.2) is 0 Å². The summed E-state index contributed by atoms with van der Waals surface area (Å²) in [5.74, 6) is 0. The predicted octanol–water partition coefficient (Wildman–Crippen LogP) is 7.78. The lowest BCUT2D eigenvalue weighted by Crippen LogP contribution is -2.41. The van der Waals surface area contributed by atoms with Gasteiger partial charge in [-0.2, -0.15) is 25.3 Å². The van der Waals surface area contributed by atoms with Gasteiger partial charge in [-0.3, -0.25) is 0 Å². The fraction of sp³-hybridized carbons (Fsp3) is 1.00. The van der Waals surface area contributed by atoms with Gasteiger partial charge in [0.2, 0.25) is 0 Å². The topological polar surface area (TPSA) is 15.3 Å². The molecule has 0 aromatic heterocycles. The van der Waals surface area contributed by atoms with Crippen molar-refractivity contribution in [2.24, 2.45) is 0 Å². The molecule has 0 aliphatic heterocycles. The summed E-state index contributed by atoms with van der Waals surface area (Å²) in [6.45, 7) is 16.4. The van der Waals surface area contributed by atoms with Crippen LogP contribution in [0, 0.1) is 0 Å². The number of unbranched alkanes of at least 4 members (excludes halogenated alkanes) is 13. The van der Waals surface area contributed by atoms with Crippen molar-refractivity contribution in [2.75, 3.05) is 32.7 Å². The molecule has 182 valence electrons. The SMILES string of the molecule is CCCCCCCCCCCCCCCCN(CCNCC(C)(C)S)CC(C)(C)S. The molecule has 0 saturated carbocycles. The third kappa shape index (κ3) is 24.9. The van der Waals surface area contributed by atoms with Crippen LogP contribution in [-0.2, 0) is 0 Å². The van der Waals surface area contributed by atoms with Crippen LogP contribution in [-0.4, -0.2) is 47.1 Å². The van der Waals surface area contributed by atoms with E-state index in [0.29, 0.717) is 0 Å². The highest BCUT2D eigenvalue weighted by Crippen LogP contribution is 2.16. The van der Waals surface area contributed by atoms with Crippen molar-refractivity contribution in [3.8, 4) is 0 Å². The second-order valence-corrected chi connectivity index (χ2v) is 13.1. The summed E-state index contributed by atoms with van der Waals surface area (Å²) in [5, 5.41) is 3.55. The average Bonchev–Trinajstić information content (AvgIpc) is 2.63. The average molecular weight is 461 g/mol. The van der Waals surface area contributed by atoms with Crippen molar-refractivity contribution in [3.05, 3.63) is 0 Å². The second kappa shape index (κ2) is 19.1. The van der Waals surface area contributed by atoms with Crippen molar-refractivity contribution >= 4 is 25.3 Å². The number of hydrogen-bond acceptors (Lipinski definition) is 4. The zero-order valence-corrected chi connectivity index (χ0v) is 23.1. The molecule has 0 unspecified atom stereocenters. The number of nitrogens with one attached hydrogen (secondary N) is 1. The first-order chi connectivity index (χ1) is 14.1. The lowest BCUT2D eigenvalue weighted by atomic mass is 10.0. The van der Waals surface area contributed by atoms with Crippen LogP contribution in [0.4, 0.5) is 0 Å². The van der Waals surface area contributed by atoms with E-state index in [1.165, 1.54) is 96.4 Å². The van der Waals surface area contributed by atoms with Gasteiger partial charge in [0, 0.05) is 35.7 Å². The summed E-state index contributed by atoms with van der Waals surface area (Å²) in [6, 6.07) is 0. The van der Waals surface area contributed by atoms with Crippen LogP contribution in [0.3, 0.4) is 0 Å². The van der Waals surface area contributed by atoms with E-state index in [2.05, 4.69) is 57.5 Å². The van der Waals surface area contributed by atoms with E-state index in [1.54, 1.807) is 0 Å². The van der Waals surface area contributed by atoms with Crippen LogP contribution in [0.1, 0.15) is 125 Å². The van der Waals surface area contributed by atoms with Crippen LogP contribution >= 0.6 is 25.3 Å². The van der Waals surface area contributed by atoms with Gasteiger partial charge in [0.15, 0.2) is 0 Å². The third-order valence-electron chi connectivity index (χ3n) is 5.60. The van der Waals surface area contributed by atoms with Gasteiger partial charge in [0.05, 0.1) is 0 Å². The molecule has 0 spiro atoms. The van der Waals surface area contributed by atoms with Crippen LogP contribution < -0.4 is 5.32 Å². The Morgan fingerprint density at radius 3 is 1.43 bits per heavy atom. The van der Waals surface area contributed by atoms with Gasteiger partial charge in [-0.15, -0.1) is 0 Å². The van der Waals surface area contributed by atoms with Crippen molar-refractivity contribution in [2.45, 2.75) is 134 Å². The normalized spacial score (nSPS) is 12.8. The first-order valence-electron chi connectivity index (χ1n) is 13.0. The lowest BCUT2D eigenvalue weighted by molar-refractivity contribution is 0.249. The molecule has 0 aliphatic rings. The summed E-state index contributed by atoms with van der Waals surface area (Å²) < 4.78 is 0.126. The summed E-state index contributed by atoms with van der Waals surface area (Å²) in [4.78, 5) is 2.59. The molecular weight excluding hydrogens is 404 g/mol. The summed E-state index contributed by atoms with van der Waals surface area (Å²) >= 11 is 9.35. The molecule has 4 heteroatoms. The molecule has 0 aliphatic carbocycles. The largest absolute Gasteiger partial charge is 0.314 e. The van der Waals surface area contributed by atoms with Crippen LogP contribution in [0.2, 0.25) is 0 Å². The zero-order chi connectivity index (χ0) is 22.7. The molecule has 0 heterocycles. The number of thiol groups is 2. The van der Waals surface area contributed by atoms with E-state index in [4.69, 9.17) is 12.6 Å². The Morgan fingerprint density at radius 1 is 0.600 bits per heavy atom. The van der Waals surface area contributed by atoms with E-state index in [0.717, 1.165) is 26.2 Å². The fourth-order valence-electron chi connectivity index (χ4n) is 3.98. The second-order valence-electron chi connectivity index (χ2n) is 10.7. The molecular formula is C26H56N2S2. The molecule has 2 nitrogen and oxygen atoms in total. The third-order valence-corrected chi connectivity index (χ3v) is 5.90. The zero-order valence-electron chi connectivity index (χ0n) is 21.3.